The molecule has 23 rings (SSSR count). The summed E-state index contributed by atoms with van der Waals surface area (Å²) in [6.45, 7) is 4.77. The maximum Gasteiger partial charge on any atom is 0.160 e. The lowest BCUT2D eigenvalue weighted by atomic mass is 9.67. The lowest BCUT2D eigenvalue weighted by molar-refractivity contribution is 0.660. The number of fused-ring (bicyclic) bond motifs is 21. The molecule has 1 unspecified atom stereocenters. The van der Waals surface area contributed by atoms with E-state index in [9.17, 15) is 0 Å². The Morgan fingerprint density at radius 2 is 0.513 bits per heavy atom. The van der Waals surface area contributed by atoms with E-state index in [0.29, 0.717) is 11.6 Å². The van der Waals surface area contributed by atoms with Crippen molar-refractivity contribution in [3.8, 4) is 146 Å². The first-order valence-corrected chi connectivity index (χ1v) is 41.2. The first-order valence-electron chi connectivity index (χ1n) is 39.5. The van der Waals surface area contributed by atoms with Gasteiger partial charge in [-0.05, 0) is 200 Å². The molecule has 16 aromatic carbocycles. The predicted molar refractivity (Wildman–Crippen MR) is 472 cm³/mol. The standard InChI is InChI=1S/C109H70N4S2/c1-107(2)86-55-53-76(61-85(86)83-54-50-77(62-95(83)107)99-66-98(69-30-10-5-11-31-69)112-106(113-99)79-37-24-35-73(60-79)75-51-56-92-102(64-75)114-100-48-20-18-45-90(100)108(92)87-42-15-12-38-81(87)82-39-13-16-43-88(82)108)80-41-25-47-94-104(80)84-40-14-17-44-89(84)109(94)91-46-19-21-49-101(91)115-103-63-74(52-57-93(103)109)71-33-22-32-70(58-71)72-34-23-36-78(59-72)105-110-96(67-26-6-3-7-27-67)65-97(111-105)68-28-8-4-9-29-68/h3-66H,1-2H3. The molecule has 0 N–H and O–H groups in total. The van der Waals surface area contributed by atoms with Gasteiger partial charge in [-0.25, -0.2) is 19.9 Å². The molecule has 538 valence electrons. The van der Waals surface area contributed by atoms with Gasteiger partial charge in [0.1, 0.15) is 0 Å². The Bertz CT molecular complexity index is 6980. The number of hydrogen-bond donors (Lipinski definition) is 0. The largest absolute Gasteiger partial charge is 0.228 e. The van der Waals surface area contributed by atoms with E-state index in [2.05, 4.69) is 390 Å². The van der Waals surface area contributed by atoms with E-state index in [-0.39, 0.29) is 5.41 Å². The minimum Gasteiger partial charge on any atom is -0.228 e. The monoisotopic (exact) mass is 1500 g/mol. The van der Waals surface area contributed by atoms with Crippen molar-refractivity contribution in [1.82, 2.24) is 19.9 Å². The zero-order chi connectivity index (χ0) is 76.1. The van der Waals surface area contributed by atoms with Gasteiger partial charge in [0.25, 0.3) is 0 Å². The van der Waals surface area contributed by atoms with Crippen LogP contribution in [0.5, 0.6) is 0 Å². The molecule has 2 aromatic heterocycles. The highest BCUT2D eigenvalue weighted by Gasteiger charge is 2.52. The first kappa shape index (κ1) is 67.1. The molecule has 4 heterocycles. The van der Waals surface area contributed by atoms with Crippen LogP contribution < -0.4 is 0 Å². The highest BCUT2D eigenvalue weighted by Crippen LogP contribution is 2.66. The molecular weight excluding hydrogens is 1430 g/mol. The molecule has 6 heteroatoms. The third-order valence-corrected chi connectivity index (χ3v) is 27.1. The third kappa shape index (κ3) is 10.4. The summed E-state index contributed by atoms with van der Waals surface area (Å²) in [4.78, 5) is 26.4. The van der Waals surface area contributed by atoms with Gasteiger partial charge in [-0.2, -0.15) is 0 Å². The summed E-state index contributed by atoms with van der Waals surface area (Å²) in [7, 11) is 0. The molecule has 3 aliphatic carbocycles. The van der Waals surface area contributed by atoms with Crippen molar-refractivity contribution in [2.75, 3.05) is 0 Å². The quantitative estimate of drug-likeness (QED) is 0.136. The fourth-order valence-electron chi connectivity index (χ4n) is 19.6. The minimum atomic E-state index is -0.581. The molecule has 0 radical (unpaired) electrons. The summed E-state index contributed by atoms with van der Waals surface area (Å²) in [5.41, 5.74) is 38.4. The number of benzene rings is 16. The number of nitrogens with zero attached hydrogens (tertiary/aromatic N) is 4. The van der Waals surface area contributed by atoms with Gasteiger partial charge in [-0.1, -0.05) is 359 Å². The van der Waals surface area contributed by atoms with Crippen LogP contribution in [0, 0.1) is 0 Å². The molecule has 2 aliphatic heterocycles. The van der Waals surface area contributed by atoms with Gasteiger partial charge in [0.05, 0.1) is 33.6 Å². The van der Waals surface area contributed by atoms with Crippen LogP contribution in [0.1, 0.15) is 69.5 Å². The molecular formula is C109H70N4S2. The van der Waals surface area contributed by atoms with Crippen molar-refractivity contribution in [2.24, 2.45) is 0 Å². The molecule has 0 fully saturated rings. The summed E-state index contributed by atoms with van der Waals surface area (Å²) < 4.78 is 0. The molecule has 0 saturated heterocycles. The average Bonchev–Trinajstić information content (AvgIpc) is 1.45. The Balaban J connectivity index is 0.585. The fourth-order valence-corrected chi connectivity index (χ4v) is 22.1. The molecule has 115 heavy (non-hydrogen) atoms. The zero-order valence-electron chi connectivity index (χ0n) is 63.1. The lowest BCUT2D eigenvalue weighted by Gasteiger charge is -2.40. The minimum absolute atomic E-state index is 0.307. The van der Waals surface area contributed by atoms with Crippen LogP contribution in [0.25, 0.3) is 146 Å². The SMILES string of the molecule is CC1(C)c2ccc(-c3cccc4c3-c3ccccc3C43c4ccccc4Sc4cc(-c5cccc(-c6cccc(-c7nc(-c8ccccc8)cc(-c8ccccc8)n7)c6)c5)ccc43)cc2-c2ccc(-c3cc(-c4ccccc4)nc(-c4cccc(-c5ccc6c(c5)Sc5ccccc5C65c6ccccc6-c6ccccc65)c4)n3)cc21. The van der Waals surface area contributed by atoms with Gasteiger partial charge >= 0.3 is 0 Å². The van der Waals surface area contributed by atoms with Gasteiger partial charge in [0, 0.05) is 58.4 Å². The van der Waals surface area contributed by atoms with Crippen molar-refractivity contribution in [3.63, 3.8) is 0 Å². The predicted octanol–water partition coefficient (Wildman–Crippen LogP) is 27.9. The number of hydrogen-bond acceptors (Lipinski definition) is 6. The Labute approximate surface area is 677 Å². The van der Waals surface area contributed by atoms with Crippen LogP contribution in [0.4, 0.5) is 0 Å². The van der Waals surface area contributed by atoms with E-state index in [1.165, 1.54) is 125 Å². The Morgan fingerprint density at radius 3 is 1.02 bits per heavy atom. The van der Waals surface area contributed by atoms with Crippen molar-refractivity contribution in [2.45, 2.75) is 49.7 Å². The Morgan fingerprint density at radius 1 is 0.183 bits per heavy atom. The highest BCUT2D eigenvalue weighted by molar-refractivity contribution is 7.99. The lowest BCUT2D eigenvalue weighted by Crippen LogP contribution is -2.32. The smallest absolute Gasteiger partial charge is 0.160 e. The molecule has 1 atom stereocenters. The molecule has 2 spiro atoms. The number of aromatic nitrogens is 4. The van der Waals surface area contributed by atoms with Crippen LogP contribution in [0.3, 0.4) is 0 Å². The van der Waals surface area contributed by atoms with Crippen molar-refractivity contribution in [3.05, 3.63) is 444 Å². The summed E-state index contributed by atoms with van der Waals surface area (Å²) in [6, 6.07) is 143. The van der Waals surface area contributed by atoms with Crippen LogP contribution in [0.15, 0.2) is 408 Å². The summed E-state index contributed by atoms with van der Waals surface area (Å²) >= 11 is 3.76. The molecule has 0 bridgehead atoms. The third-order valence-electron chi connectivity index (χ3n) is 24.9. The molecule has 0 amide bonds. The van der Waals surface area contributed by atoms with Crippen molar-refractivity contribution >= 4 is 23.5 Å². The van der Waals surface area contributed by atoms with Crippen LogP contribution in [-0.4, -0.2) is 19.9 Å². The van der Waals surface area contributed by atoms with E-state index in [4.69, 9.17) is 19.9 Å². The van der Waals surface area contributed by atoms with Gasteiger partial charge in [0.2, 0.25) is 0 Å². The second-order valence-corrected chi connectivity index (χ2v) is 33.6. The fraction of sp³-hybridized carbons (Fsp3) is 0.0459. The molecule has 4 nitrogen and oxygen atoms in total. The second-order valence-electron chi connectivity index (χ2n) is 31.4. The van der Waals surface area contributed by atoms with Crippen LogP contribution >= 0.6 is 23.5 Å². The van der Waals surface area contributed by atoms with E-state index in [0.717, 1.165) is 84.0 Å². The van der Waals surface area contributed by atoms with Crippen molar-refractivity contribution < 1.29 is 0 Å². The van der Waals surface area contributed by atoms with Crippen LogP contribution in [-0.2, 0) is 16.2 Å². The summed E-state index contributed by atoms with van der Waals surface area (Å²) in [5, 5.41) is 0. The molecule has 18 aromatic rings. The molecule has 0 saturated carbocycles. The van der Waals surface area contributed by atoms with Gasteiger partial charge < -0.3 is 0 Å². The van der Waals surface area contributed by atoms with Gasteiger partial charge in [0.15, 0.2) is 11.6 Å². The normalized spacial score (nSPS) is 14.8. The molecule has 5 aliphatic rings. The Kier molecular flexibility index (Phi) is 15.3. The Hall–Kier alpha value is -13.6. The van der Waals surface area contributed by atoms with E-state index in [1.54, 1.807) is 0 Å². The van der Waals surface area contributed by atoms with Crippen molar-refractivity contribution in [1.29, 1.82) is 0 Å². The summed E-state index contributed by atoms with van der Waals surface area (Å²) in [5.74, 6) is 1.37. The number of rotatable bonds is 10. The topological polar surface area (TPSA) is 51.6 Å². The van der Waals surface area contributed by atoms with Crippen LogP contribution in [0.2, 0.25) is 0 Å². The maximum absolute atomic E-state index is 5.55. The van der Waals surface area contributed by atoms with Gasteiger partial charge in [-0.3, -0.25) is 0 Å². The summed E-state index contributed by atoms with van der Waals surface area (Å²) in [6.07, 6.45) is 0. The zero-order valence-corrected chi connectivity index (χ0v) is 64.7. The highest BCUT2D eigenvalue weighted by atomic mass is 32.2. The first-order chi connectivity index (χ1) is 56.7. The average molecular weight is 1500 g/mol. The second kappa shape index (κ2) is 26.2. The van der Waals surface area contributed by atoms with Gasteiger partial charge in [-0.15, -0.1) is 0 Å². The maximum atomic E-state index is 5.55. The van der Waals surface area contributed by atoms with E-state index < -0.39 is 10.8 Å². The van der Waals surface area contributed by atoms with E-state index >= 15 is 0 Å². The van der Waals surface area contributed by atoms with E-state index in [1.807, 2.05) is 35.7 Å².